The molecule has 12 heteroatoms. The van der Waals surface area contributed by atoms with Crippen molar-refractivity contribution < 1.29 is 22.9 Å². The zero-order chi connectivity index (χ0) is 21.7. The molecular weight excluding hydrogens is 414 g/mol. The van der Waals surface area contributed by atoms with Gasteiger partial charge in [0, 0.05) is 38.0 Å². The van der Waals surface area contributed by atoms with Crippen molar-refractivity contribution >= 4 is 33.2 Å². The Balaban J connectivity index is 1.77. The van der Waals surface area contributed by atoms with Gasteiger partial charge in [0.25, 0.3) is 21.6 Å². The van der Waals surface area contributed by atoms with Crippen LogP contribution in [-0.2, 0) is 14.8 Å². The van der Waals surface area contributed by atoms with Crippen LogP contribution in [0.25, 0.3) is 0 Å². The smallest absolute Gasteiger partial charge is 0.293 e. The lowest BCUT2D eigenvalue weighted by atomic mass is 9.97. The van der Waals surface area contributed by atoms with E-state index in [-0.39, 0.29) is 23.1 Å². The predicted octanol–water partition coefficient (Wildman–Crippen LogP) is 1.05. The molecule has 0 spiro atoms. The highest BCUT2D eigenvalue weighted by Crippen LogP contribution is 2.28. The average Bonchev–Trinajstić information content (AvgIpc) is 2.72. The Morgan fingerprint density at radius 3 is 2.80 bits per heavy atom. The van der Waals surface area contributed by atoms with Gasteiger partial charge in [-0.1, -0.05) is 0 Å². The van der Waals surface area contributed by atoms with Gasteiger partial charge in [0.2, 0.25) is 5.91 Å². The molecule has 2 heterocycles. The number of nitrogens with zero attached hydrogens (tertiary/aromatic N) is 2. The van der Waals surface area contributed by atoms with Crippen LogP contribution in [0.5, 0.6) is 0 Å². The summed E-state index contributed by atoms with van der Waals surface area (Å²) in [4.78, 5) is 37.6. The molecule has 1 unspecified atom stereocenters. The molecule has 1 aliphatic heterocycles. The molecule has 1 atom stereocenters. The van der Waals surface area contributed by atoms with E-state index in [1.165, 1.54) is 36.7 Å². The first-order valence-corrected chi connectivity index (χ1v) is 10.5. The maximum atomic E-state index is 12.5. The molecule has 0 saturated carbocycles. The van der Waals surface area contributed by atoms with E-state index in [9.17, 15) is 28.1 Å². The van der Waals surface area contributed by atoms with Gasteiger partial charge in [-0.3, -0.25) is 24.7 Å². The molecule has 0 bridgehead atoms. The monoisotopic (exact) mass is 433 g/mol. The van der Waals surface area contributed by atoms with E-state index in [0.717, 1.165) is 12.5 Å². The summed E-state index contributed by atoms with van der Waals surface area (Å²) in [5.41, 5.74) is -0.291. The average molecular weight is 433 g/mol. The van der Waals surface area contributed by atoms with Gasteiger partial charge in [-0.25, -0.2) is 13.1 Å². The first-order valence-electron chi connectivity index (χ1n) is 9.02. The first-order chi connectivity index (χ1) is 14.3. The molecule has 1 aromatic heterocycles. The molecule has 30 heavy (non-hydrogen) atoms. The van der Waals surface area contributed by atoms with Gasteiger partial charge in [-0.15, -0.1) is 0 Å². The molecule has 0 aliphatic carbocycles. The number of hydrogen-bond donors (Lipinski definition) is 3. The van der Waals surface area contributed by atoms with Gasteiger partial charge >= 0.3 is 0 Å². The maximum Gasteiger partial charge on any atom is 0.293 e. The summed E-state index contributed by atoms with van der Waals surface area (Å²) < 4.78 is 26.9. The highest BCUT2D eigenvalue weighted by atomic mass is 32.2. The largest absolute Gasteiger partial charge is 0.379 e. The number of nitrogens with one attached hydrogen (secondary N) is 3. The van der Waals surface area contributed by atoms with E-state index >= 15 is 0 Å². The normalized spacial score (nSPS) is 16.4. The minimum absolute atomic E-state index is 0.0144. The van der Waals surface area contributed by atoms with Gasteiger partial charge < -0.3 is 10.6 Å². The SMILES string of the molecule is O=C1CC(CNc2ccc(S(=O)(=O)NC(=O)c3cccnc3)cc2[N+](=O)[O-])CCN1. The number of nitro groups is 1. The summed E-state index contributed by atoms with van der Waals surface area (Å²) in [6.45, 7) is 0.874. The molecule has 2 aromatic rings. The van der Waals surface area contributed by atoms with Crippen molar-refractivity contribution in [3.05, 3.63) is 58.4 Å². The lowest BCUT2D eigenvalue weighted by molar-refractivity contribution is -0.384. The molecule has 11 nitrogen and oxygen atoms in total. The molecular formula is C18H19N5O6S. The summed E-state index contributed by atoms with van der Waals surface area (Å²) in [6.07, 6.45) is 3.68. The first kappa shape index (κ1) is 21.2. The van der Waals surface area contributed by atoms with Crippen molar-refractivity contribution in [2.24, 2.45) is 5.92 Å². The van der Waals surface area contributed by atoms with Crippen LogP contribution in [-0.4, -0.2) is 43.2 Å². The van der Waals surface area contributed by atoms with E-state index in [4.69, 9.17) is 0 Å². The third kappa shape index (κ3) is 5.08. The number of rotatable bonds is 7. The van der Waals surface area contributed by atoms with Gasteiger partial charge in [0.15, 0.2) is 0 Å². The maximum absolute atomic E-state index is 12.5. The summed E-state index contributed by atoms with van der Waals surface area (Å²) in [5.74, 6) is -0.961. The third-order valence-electron chi connectivity index (χ3n) is 4.56. The second-order valence-electron chi connectivity index (χ2n) is 6.70. The zero-order valence-electron chi connectivity index (χ0n) is 15.7. The van der Waals surface area contributed by atoms with Crippen LogP contribution in [0.2, 0.25) is 0 Å². The summed E-state index contributed by atoms with van der Waals surface area (Å²) in [7, 11) is -4.34. The lowest BCUT2D eigenvalue weighted by Crippen LogP contribution is -2.36. The molecule has 2 amide bonds. The van der Waals surface area contributed by atoms with Crippen molar-refractivity contribution in [1.82, 2.24) is 15.0 Å². The van der Waals surface area contributed by atoms with Gasteiger partial charge in [-0.2, -0.15) is 0 Å². The van der Waals surface area contributed by atoms with Crippen LogP contribution >= 0.6 is 0 Å². The standard InChI is InChI=1S/C18H19N5O6S/c24-17-8-12(5-7-20-17)10-21-15-4-3-14(9-16(15)23(26)27)30(28,29)22-18(25)13-2-1-6-19-11-13/h1-4,6,9,11-12,21H,5,7-8,10H2,(H,20,24)(H,22,25). The van der Waals surface area contributed by atoms with Gasteiger partial charge in [0.1, 0.15) is 5.69 Å². The number of carbonyl (C=O) groups is 2. The zero-order valence-corrected chi connectivity index (χ0v) is 16.5. The lowest BCUT2D eigenvalue weighted by Gasteiger charge is -2.22. The molecule has 158 valence electrons. The Morgan fingerprint density at radius 2 is 2.13 bits per heavy atom. The number of pyridine rings is 1. The van der Waals surface area contributed by atoms with E-state index < -0.39 is 31.4 Å². The predicted molar refractivity (Wildman–Crippen MR) is 106 cm³/mol. The Labute approximate surface area is 172 Å². The highest BCUT2D eigenvalue weighted by molar-refractivity contribution is 7.90. The van der Waals surface area contributed by atoms with Crippen LogP contribution in [0.15, 0.2) is 47.6 Å². The van der Waals surface area contributed by atoms with Crippen molar-refractivity contribution in [3.8, 4) is 0 Å². The fourth-order valence-electron chi connectivity index (χ4n) is 3.00. The van der Waals surface area contributed by atoms with Gasteiger partial charge in [0.05, 0.1) is 15.4 Å². The van der Waals surface area contributed by atoms with Gasteiger partial charge in [-0.05, 0) is 36.6 Å². The van der Waals surface area contributed by atoms with Crippen molar-refractivity contribution in [2.45, 2.75) is 17.7 Å². The third-order valence-corrected chi connectivity index (χ3v) is 5.89. The number of amides is 2. The fraction of sp³-hybridized carbons (Fsp3) is 0.278. The molecule has 1 saturated heterocycles. The quantitative estimate of drug-likeness (QED) is 0.431. The number of piperidine rings is 1. The Hall–Kier alpha value is -3.54. The number of hydrogen-bond acceptors (Lipinski definition) is 8. The molecule has 1 fully saturated rings. The summed E-state index contributed by atoms with van der Waals surface area (Å²) >= 11 is 0. The molecule has 1 aliphatic rings. The number of anilines is 1. The van der Waals surface area contributed by atoms with E-state index in [2.05, 4.69) is 15.6 Å². The summed E-state index contributed by atoms with van der Waals surface area (Å²) in [5, 5.41) is 17.1. The highest BCUT2D eigenvalue weighted by Gasteiger charge is 2.25. The number of benzene rings is 1. The van der Waals surface area contributed by atoms with Crippen LogP contribution in [0.4, 0.5) is 11.4 Å². The van der Waals surface area contributed by atoms with Crippen LogP contribution in [0.1, 0.15) is 23.2 Å². The molecule has 3 N–H and O–H groups in total. The van der Waals surface area contributed by atoms with E-state index in [0.29, 0.717) is 19.5 Å². The van der Waals surface area contributed by atoms with E-state index in [1.54, 1.807) is 0 Å². The topological polar surface area (TPSA) is 160 Å². The second kappa shape index (κ2) is 8.86. The second-order valence-corrected chi connectivity index (χ2v) is 8.38. The number of sulfonamides is 1. The van der Waals surface area contributed by atoms with E-state index in [1.807, 2.05) is 4.72 Å². The summed E-state index contributed by atoms with van der Waals surface area (Å²) in [6, 6.07) is 6.18. The Bertz CT molecular complexity index is 1070. The Morgan fingerprint density at radius 1 is 1.33 bits per heavy atom. The minimum Gasteiger partial charge on any atom is -0.379 e. The number of carbonyl (C=O) groups excluding carboxylic acids is 2. The van der Waals surface area contributed by atoms with Crippen LogP contribution in [0, 0.1) is 16.0 Å². The van der Waals surface area contributed by atoms with Crippen molar-refractivity contribution in [2.75, 3.05) is 18.4 Å². The fourth-order valence-corrected chi connectivity index (χ4v) is 3.99. The molecule has 3 rings (SSSR count). The van der Waals surface area contributed by atoms with Crippen molar-refractivity contribution in [3.63, 3.8) is 0 Å². The molecule has 0 radical (unpaired) electrons. The van der Waals surface area contributed by atoms with Crippen LogP contribution < -0.4 is 15.4 Å². The Kier molecular flexibility index (Phi) is 6.26. The number of nitro benzene ring substituents is 1. The number of aromatic nitrogens is 1. The van der Waals surface area contributed by atoms with Crippen LogP contribution in [0.3, 0.4) is 0 Å². The van der Waals surface area contributed by atoms with Crippen molar-refractivity contribution in [1.29, 1.82) is 0 Å². The minimum atomic E-state index is -4.34. The molecule has 1 aromatic carbocycles.